The monoisotopic (exact) mass is 309 g/mol. The number of anilines is 1. The summed E-state index contributed by atoms with van der Waals surface area (Å²) in [7, 11) is 0. The predicted octanol–water partition coefficient (Wildman–Crippen LogP) is 0.877. The summed E-state index contributed by atoms with van der Waals surface area (Å²) in [6.45, 7) is 5.28. The maximum absolute atomic E-state index is 12.5. The van der Waals surface area contributed by atoms with E-state index in [-0.39, 0.29) is 17.9 Å². The van der Waals surface area contributed by atoms with Gasteiger partial charge in [-0.3, -0.25) is 4.79 Å². The first-order valence-electron chi connectivity index (χ1n) is 7.81. The van der Waals surface area contributed by atoms with E-state index in [9.17, 15) is 4.79 Å². The van der Waals surface area contributed by atoms with Crippen molar-refractivity contribution < 1.29 is 4.79 Å². The Morgan fingerprint density at radius 1 is 1.33 bits per heavy atom. The number of hydrogen-bond donors (Lipinski definition) is 1. The van der Waals surface area contributed by atoms with Crippen molar-refractivity contribution in [2.75, 3.05) is 31.1 Å². The van der Waals surface area contributed by atoms with Gasteiger partial charge in [-0.25, -0.2) is 4.98 Å². The molecule has 0 radical (unpaired) electrons. The Morgan fingerprint density at radius 2 is 2.10 bits per heavy atom. The van der Waals surface area contributed by atoms with Crippen LogP contribution in [0.3, 0.4) is 0 Å². The van der Waals surface area contributed by atoms with E-state index in [1.165, 1.54) is 11.5 Å². The molecular weight excluding hydrogens is 286 g/mol. The molecule has 21 heavy (non-hydrogen) atoms. The second-order valence-electron chi connectivity index (χ2n) is 5.86. The highest BCUT2D eigenvalue weighted by Gasteiger charge is 2.34. The zero-order chi connectivity index (χ0) is 14.8. The molecule has 1 aromatic heterocycles. The molecule has 7 heteroatoms. The van der Waals surface area contributed by atoms with Crippen LogP contribution in [0.1, 0.15) is 32.0 Å². The van der Waals surface area contributed by atoms with Gasteiger partial charge in [-0.05, 0) is 12.8 Å². The lowest BCUT2D eigenvalue weighted by Gasteiger charge is -2.36. The van der Waals surface area contributed by atoms with Crippen molar-refractivity contribution in [3.05, 3.63) is 5.82 Å². The van der Waals surface area contributed by atoms with E-state index < -0.39 is 0 Å². The summed E-state index contributed by atoms with van der Waals surface area (Å²) in [6, 6.07) is 0.0609. The topological polar surface area (TPSA) is 75.4 Å². The SMILES string of the molecule is CCc1nsc(N2CCN(C(=O)C3CCCC3N)CC2)n1. The fourth-order valence-electron chi connectivity index (χ4n) is 3.16. The minimum absolute atomic E-state index is 0.0461. The van der Waals surface area contributed by atoms with Gasteiger partial charge in [0.15, 0.2) is 0 Å². The molecule has 1 aromatic rings. The van der Waals surface area contributed by atoms with Gasteiger partial charge in [-0.2, -0.15) is 4.37 Å². The van der Waals surface area contributed by atoms with Gasteiger partial charge in [0.25, 0.3) is 0 Å². The number of carbonyl (C=O) groups excluding carboxylic acids is 1. The number of piperazine rings is 1. The number of aromatic nitrogens is 2. The van der Waals surface area contributed by atoms with Crippen LogP contribution in [-0.4, -0.2) is 52.4 Å². The van der Waals surface area contributed by atoms with Gasteiger partial charge in [-0.15, -0.1) is 0 Å². The molecule has 2 heterocycles. The van der Waals surface area contributed by atoms with E-state index in [0.29, 0.717) is 0 Å². The highest BCUT2D eigenvalue weighted by Crippen LogP contribution is 2.27. The summed E-state index contributed by atoms with van der Waals surface area (Å²) in [5, 5.41) is 0.983. The number of carbonyl (C=O) groups is 1. The van der Waals surface area contributed by atoms with E-state index in [1.54, 1.807) is 0 Å². The molecule has 2 fully saturated rings. The third kappa shape index (κ3) is 3.03. The summed E-state index contributed by atoms with van der Waals surface area (Å²) in [5.41, 5.74) is 6.05. The minimum atomic E-state index is 0.0461. The lowest BCUT2D eigenvalue weighted by atomic mass is 10.0. The molecule has 3 rings (SSSR count). The minimum Gasteiger partial charge on any atom is -0.343 e. The largest absolute Gasteiger partial charge is 0.343 e. The Kier molecular flexibility index (Phi) is 4.40. The summed E-state index contributed by atoms with van der Waals surface area (Å²) in [5.74, 6) is 1.21. The van der Waals surface area contributed by atoms with Crippen molar-refractivity contribution in [2.24, 2.45) is 11.7 Å². The zero-order valence-corrected chi connectivity index (χ0v) is 13.3. The molecule has 2 N–H and O–H groups in total. The normalized spacial score (nSPS) is 26.4. The van der Waals surface area contributed by atoms with Crippen molar-refractivity contribution in [3.8, 4) is 0 Å². The van der Waals surface area contributed by atoms with Gasteiger partial charge in [-0.1, -0.05) is 13.3 Å². The van der Waals surface area contributed by atoms with Gasteiger partial charge >= 0.3 is 0 Å². The van der Waals surface area contributed by atoms with Gasteiger partial charge in [0, 0.05) is 50.2 Å². The highest BCUT2D eigenvalue weighted by molar-refractivity contribution is 7.09. The van der Waals surface area contributed by atoms with Crippen LogP contribution < -0.4 is 10.6 Å². The molecule has 2 aliphatic rings. The number of nitrogens with two attached hydrogens (primary N) is 1. The van der Waals surface area contributed by atoms with Crippen molar-refractivity contribution in [3.63, 3.8) is 0 Å². The molecule has 2 unspecified atom stereocenters. The third-order valence-corrected chi connectivity index (χ3v) is 5.34. The fraction of sp³-hybridized carbons (Fsp3) is 0.786. The van der Waals surface area contributed by atoms with Crippen LogP contribution in [0.2, 0.25) is 0 Å². The number of amides is 1. The Morgan fingerprint density at radius 3 is 2.67 bits per heavy atom. The fourth-order valence-corrected chi connectivity index (χ4v) is 3.97. The zero-order valence-electron chi connectivity index (χ0n) is 12.5. The average molecular weight is 309 g/mol. The Balaban J connectivity index is 1.56. The van der Waals surface area contributed by atoms with E-state index in [1.807, 2.05) is 4.90 Å². The smallest absolute Gasteiger partial charge is 0.227 e. The lowest BCUT2D eigenvalue weighted by molar-refractivity contribution is -0.136. The van der Waals surface area contributed by atoms with Gasteiger partial charge < -0.3 is 15.5 Å². The quantitative estimate of drug-likeness (QED) is 0.897. The maximum Gasteiger partial charge on any atom is 0.227 e. The Bertz CT molecular complexity index is 497. The molecule has 1 saturated heterocycles. The first-order valence-corrected chi connectivity index (χ1v) is 8.58. The van der Waals surface area contributed by atoms with E-state index in [0.717, 1.165) is 62.8 Å². The maximum atomic E-state index is 12.5. The van der Waals surface area contributed by atoms with Gasteiger partial charge in [0.1, 0.15) is 5.82 Å². The molecule has 1 saturated carbocycles. The number of nitrogens with zero attached hydrogens (tertiary/aromatic N) is 4. The Hall–Kier alpha value is -1.21. The van der Waals surface area contributed by atoms with Crippen molar-refractivity contribution in [1.82, 2.24) is 14.3 Å². The van der Waals surface area contributed by atoms with Crippen LogP contribution in [0.4, 0.5) is 5.13 Å². The summed E-state index contributed by atoms with van der Waals surface area (Å²) >= 11 is 1.46. The summed E-state index contributed by atoms with van der Waals surface area (Å²) in [4.78, 5) is 21.2. The predicted molar refractivity (Wildman–Crippen MR) is 83.4 cm³/mol. The van der Waals surface area contributed by atoms with Crippen molar-refractivity contribution in [2.45, 2.75) is 38.6 Å². The number of rotatable bonds is 3. The summed E-state index contributed by atoms with van der Waals surface area (Å²) in [6.07, 6.45) is 3.90. The first kappa shape index (κ1) is 14.7. The summed E-state index contributed by atoms with van der Waals surface area (Å²) < 4.78 is 4.33. The third-order valence-electron chi connectivity index (χ3n) is 4.52. The molecule has 1 amide bonds. The lowest BCUT2D eigenvalue weighted by Crippen LogP contribution is -2.52. The molecule has 116 valence electrons. The van der Waals surface area contributed by atoms with Crippen LogP contribution in [0, 0.1) is 5.92 Å². The molecule has 2 atom stereocenters. The van der Waals surface area contributed by atoms with Crippen LogP contribution in [-0.2, 0) is 11.2 Å². The molecule has 0 aromatic carbocycles. The van der Waals surface area contributed by atoms with Crippen LogP contribution in [0.5, 0.6) is 0 Å². The molecule has 0 bridgehead atoms. The van der Waals surface area contributed by atoms with Crippen LogP contribution >= 0.6 is 11.5 Å². The second-order valence-corrected chi connectivity index (χ2v) is 6.59. The van der Waals surface area contributed by atoms with E-state index in [4.69, 9.17) is 5.73 Å². The van der Waals surface area contributed by atoms with E-state index in [2.05, 4.69) is 21.2 Å². The number of hydrogen-bond acceptors (Lipinski definition) is 6. The van der Waals surface area contributed by atoms with Crippen molar-refractivity contribution in [1.29, 1.82) is 0 Å². The standard InChI is InChI=1S/C14H23N5OS/c1-2-12-16-14(21-17-12)19-8-6-18(7-9-19)13(20)10-4-3-5-11(10)15/h10-11H,2-9,15H2,1H3. The molecule has 6 nitrogen and oxygen atoms in total. The molecule has 1 aliphatic carbocycles. The number of aryl methyl sites for hydroxylation is 1. The van der Waals surface area contributed by atoms with E-state index >= 15 is 0 Å². The molecule has 1 aliphatic heterocycles. The molecule has 0 spiro atoms. The van der Waals surface area contributed by atoms with Gasteiger partial charge in [0.05, 0.1) is 5.92 Å². The molecular formula is C14H23N5OS. The van der Waals surface area contributed by atoms with Crippen LogP contribution in [0.25, 0.3) is 0 Å². The average Bonchev–Trinajstić information content (AvgIpc) is 3.15. The second kappa shape index (κ2) is 6.27. The van der Waals surface area contributed by atoms with Crippen LogP contribution in [0.15, 0.2) is 0 Å². The first-order chi connectivity index (χ1) is 10.2. The highest BCUT2D eigenvalue weighted by atomic mass is 32.1. The van der Waals surface area contributed by atoms with Gasteiger partial charge in [0.2, 0.25) is 11.0 Å². The Labute approximate surface area is 129 Å². The van der Waals surface area contributed by atoms with Crippen molar-refractivity contribution >= 4 is 22.6 Å².